The first-order chi connectivity index (χ1) is 8.88. The van der Waals surface area contributed by atoms with Gasteiger partial charge in [-0.1, -0.05) is 0 Å². The molecule has 0 fully saturated rings. The van der Waals surface area contributed by atoms with Gasteiger partial charge in [0.15, 0.2) is 0 Å². The Morgan fingerprint density at radius 3 is 2.68 bits per heavy atom. The number of amides is 1. The first-order valence-electron chi connectivity index (χ1n) is 5.67. The van der Waals surface area contributed by atoms with E-state index in [4.69, 9.17) is 5.26 Å². The van der Waals surface area contributed by atoms with Crippen LogP contribution < -0.4 is 0 Å². The summed E-state index contributed by atoms with van der Waals surface area (Å²) in [6.45, 7) is 3.35. The fourth-order valence-corrected chi connectivity index (χ4v) is 1.70. The summed E-state index contributed by atoms with van der Waals surface area (Å²) in [7, 11) is 1.58. The average molecular weight is 265 g/mol. The van der Waals surface area contributed by atoms with Crippen molar-refractivity contribution in [3.8, 4) is 6.07 Å². The molecule has 0 N–H and O–H groups in total. The Hall–Kier alpha value is -2.43. The predicted molar refractivity (Wildman–Crippen MR) is 66.2 cm³/mol. The molecule has 0 radical (unpaired) electrons. The second-order valence-corrected chi connectivity index (χ2v) is 4.16. The van der Waals surface area contributed by atoms with Gasteiger partial charge in [-0.15, -0.1) is 0 Å². The molecule has 102 valence electrons. The molecule has 0 aromatic carbocycles. The molecular formula is C11H15N5O3. The van der Waals surface area contributed by atoms with E-state index in [1.165, 1.54) is 16.5 Å². The minimum Gasteiger partial charge on any atom is -0.343 e. The average Bonchev–Trinajstić information content (AvgIpc) is 2.61. The number of rotatable bonds is 5. The lowest BCUT2D eigenvalue weighted by Crippen LogP contribution is -2.31. The topological polar surface area (TPSA) is 105 Å². The van der Waals surface area contributed by atoms with Crippen LogP contribution in [0.4, 0.5) is 5.69 Å². The molecular weight excluding hydrogens is 250 g/mol. The number of aryl methyl sites for hydroxylation is 1. The molecule has 1 rings (SSSR count). The Labute approximate surface area is 110 Å². The number of nitriles is 1. The largest absolute Gasteiger partial charge is 0.343 e. The zero-order chi connectivity index (χ0) is 14.6. The molecule has 0 atom stereocenters. The number of carbonyl (C=O) groups excluding carboxylic acids is 1. The van der Waals surface area contributed by atoms with Gasteiger partial charge in [0.1, 0.15) is 17.9 Å². The molecule has 1 aromatic heterocycles. The van der Waals surface area contributed by atoms with Gasteiger partial charge in [0, 0.05) is 13.6 Å². The molecule has 19 heavy (non-hydrogen) atoms. The third kappa shape index (κ3) is 3.28. The van der Waals surface area contributed by atoms with Gasteiger partial charge in [0.2, 0.25) is 5.91 Å². The van der Waals surface area contributed by atoms with Gasteiger partial charge in [-0.2, -0.15) is 10.4 Å². The van der Waals surface area contributed by atoms with E-state index in [2.05, 4.69) is 5.10 Å². The molecule has 0 aliphatic heterocycles. The summed E-state index contributed by atoms with van der Waals surface area (Å²) in [5.41, 5.74) is 0.576. The molecule has 1 amide bonds. The van der Waals surface area contributed by atoms with Crippen molar-refractivity contribution in [2.75, 3.05) is 13.6 Å². The van der Waals surface area contributed by atoms with E-state index in [1.807, 2.05) is 6.07 Å². The molecule has 0 saturated heterocycles. The quantitative estimate of drug-likeness (QED) is 0.577. The van der Waals surface area contributed by atoms with Crippen molar-refractivity contribution in [2.24, 2.45) is 0 Å². The third-order valence-corrected chi connectivity index (χ3v) is 2.80. The minimum absolute atomic E-state index is 0.0625. The Kier molecular flexibility index (Phi) is 4.58. The lowest BCUT2D eigenvalue weighted by Gasteiger charge is -2.15. The molecule has 0 aliphatic carbocycles. The summed E-state index contributed by atoms with van der Waals surface area (Å²) in [5.74, 6) is -0.240. The Morgan fingerprint density at radius 1 is 1.58 bits per heavy atom. The number of nitrogens with zero attached hydrogens (tertiary/aromatic N) is 5. The SMILES string of the molecule is Cc1nn(CC(=O)N(C)CCC#N)c(C)c1[N+](=O)[O-]. The Morgan fingerprint density at radius 2 is 2.21 bits per heavy atom. The molecule has 1 aromatic rings. The van der Waals surface area contributed by atoms with E-state index >= 15 is 0 Å². The van der Waals surface area contributed by atoms with E-state index in [1.54, 1.807) is 14.0 Å². The van der Waals surface area contributed by atoms with Crippen LogP contribution in [-0.2, 0) is 11.3 Å². The zero-order valence-corrected chi connectivity index (χ0v) is 11.1. The number of nitro groups is 1. The van der Waals surface area contributed by atoms with Crippen molar-refractivity contribution < 1.29 is 9.72 Å². The highest BCUT2D eigenvalue weighted by Gasteiger charge is 2.23. The van der Waals surface area contributed by atoms with Crippen LogP contribution in [0.3, 0.4) is 0 Å². The minimum atomic E-state index is -0.502. The molecule has 1 heterocycles. The van der Waals surface area contributed by atoms with Crippen molar-refractivity contribution in [2.45, 2.75) is 26.8 Å². The monoisotopic (exact) mass is 265 g/mol. The maximum atomic E-state index is 11.8. The maximum Gasteiger partial charge on any atom is 0.312 e. The van der Waals surface area contributed by atoms with Gasteiger partial charge in [-0.05, 0) is 13.8 Å². The van der Waals surface area contributed by atoms with Crippen molar-refractivity contribution in [1.82, 2.24) is 14.7 Å². The molecule has 0 saturated carbocycles. The summed E-state index contributed by atoms with van der Waals surface area (Å²) in [6.07, 6.45) is 0.250. The van der Waals surface area contributed by atoms with Gasteiger partial charge in [-0.25, -0.2) is 0 Å². The summed E-state index contributed by atoms with van der Waals surface area (Å²) in [6, 6.07) is 1.95. The molecule has 0 spiro atoms. The molecule has 8 heteroatoms. The Bertz CT molecular complexity index is 543. The van der Waals surface area contributed by atoms with Gasteiger partial charge in [-0.3, -0.25) is 19.6 Å². The number of hydrogen-bond donors (Lipinski definition) is 0. The molecule has 0 bridgehead atoms. The van der Waals surface area contributed by atoms with Crippen LogP contribution in [0.25, 0.3) is 0 Å². The second kappa shape index (κ2) is 5.95. The first-order valence-corrected chi connectivity index (χ1v) is 5.67. The maximum absolute atomic E-state index is 11.8. The van der Waals surface area contributed by atoms with Gasteiger partial charge in [0.25, 0.3) is 0 Å². The normalized spacial score (nSPS) is 10.0. The highest BCUT2D eigenvalue weighted by Crippen LogP contribution is 2.21. The smallest absolute Gasteiger partial charge is 0.312 e. The summed E-state index contributed by atoms with van der Waals surface area (Å²) >= 11 is 0. The van der Waals surface area contributed by atoms with Crippen LogP contribution in [0.2, 0.25) is 0 Å². The van der Waals surface area contributed by atoms with Gasteiger partial charge < -0.3 is 4.90 Å². The number of likely N-dealkylation sites (N-methyl/N-ethyl adjacent to an activating group) is 1. The number of hydrogen-bond acceptors (Lipinski definition) is 5. The first kappa shape index (κ1) is 14.6. The van der Waals surface area contributed by atoms with E-state index in [0.29, 0.717) is 12.2 Å². The van der Waals surface area contributed by atoms with Gasteiger partial charge >= 0.3 is 5.69 Å². The number of aromatic nitrogens is 2. The van der Waals surface area contributed by atoms with E-state index in [9.17, 15) is 14.9 Å². The van der Waals surface area contributed by atoms with E-state index in [0.717, 1.165) is 0 Å². The van der Waals surface area contributed by atoms with E-state index < -0.39 is 4.92 Å². The predicted octanol–water partition coefficient (Wildman–Crippen LogP) is 0.780. The molecule has 0 aliphatic rings. The highest BCUT2D eigenvalue weighted by molar-refractivity contribution is 5.75. The van der Waals surface area contributed by atoms with Crippen molar-refractivity contribution in [1.29, 1.82) is 5.26 Å². The van der Waals surface area contributed by atoms with Crippen LogP contribution in [0.1, 0.15) is 17.8 Å². The zero-order valence-electron chi connectivity index (χ0n) is 11.1. The van der Waals surface area contributed by atoms with Crippen molar-refractivity contribution in [3.63, 3.8) is 0 Å². The third-order valence-electron chi connectivity index (χ3n) is 2.80. The summed E-state index contributed by atoms with van der Waals surface area (Å²) < 4.78 is 1.32. The standard InChI is InChI=1S/C11H15N5O3/c1-8-11(16(18)19)9(2)15(13-8)7-10(17)14(3)6-4-5-12/h4,6-7H2,1-3H3. The van der Waals surface area contributed by atoms with Crippen molar-refractivity contribution >= 4 is 11.6 Å². The van der Waals surface area contributed by atoms with Crippen LogP contribution in [0.15, 0.2) is 0 Å². The van der Waals surface area contributed by atoms with Crippen LogP contribution in [0, 0.1) is 35.3 Å². The highest BCUT2D eigenvalue weighted by atomic mass is 16.6. The second-order valence-electron chi connectivity index (χ2n) is 4.16. The summed E-state index contributed by atoms with van der Waals surface area (Å²) in [5, 5.41) is 23.3. The number of carbonyl (C=O) groups is 1. The van der Waals surface area contributed by atoms with Crippen LogP contribution in [0.5, 0.6) is 0 Å². The van der Waals surface area contributed by atoms with Gasteiger partial charge in [0.05, 0.1) is 17.4 Å². The van der Waals surface area contributed by atoms with Crippen LogP contribution in [-0.4, -0.2) is 39.1 Å². The summed E-state index contributed by atoms with van der Waals surface area (Å²) in [4.78, 5) is 23.6. The molecule has 0 unspecified atom stereocenters. The molecule has 8 nitrogen and oxygen atoms in total. The van der Waals surface area contributed by atoms with E-state index in [-0.39, 0.29) is 30.3 Å². The lowest BCUT2D eigenvalue weighted by atomic mass is 10.3. The van der Waals surface area contributed by atoms with Crippen LogP contribution >= 0.6 is 0 Å². The fraction of sp³-hybridized carbons (Fsp3) is 0.545. The lowest BCUT2D eigenvalue weighted by molar-refractivity contribution is -0.386. The Balaban J connectivity index is 2.84. The fourth-order valence-electron chi connectivity index (χ4n) is 1.70. The van der Waals surface area contributed by atoms with Crippen molar-refractivity contribution in [3.05, 3.63) is 21.5 Å².